The van der Waals surface area contributed by atoms with E-state index in [0.717, 1.165) is 24.0 Å². The van der Waals surface area contributed by atoms with E-state index in [0.29, 0.717) is 30.2 Å². The third kappa shape index (κ3) is 5.20. The van der Waals surface area contributed by atoms with Gasteiger partial charge in [0.2, 0.25) is 5.91 Å². The minimum absolute atomic E-state index is 0.0219. The Kier molecular flexibility index (Phi) is 7.76. The van der Waals surface area contributed by atoms with Crippen LogP contribution in [-0.2, 0) is 11.2 Å². The zero-order valence-electron chi connectivity index (χ0n) is 20.7. The van der Waals surface area contributed by atoms with E-state index < -0.39 is 0 Å². The lowest BCUT2D eigenvalue weighted by atomic mass is 9.90. The summed E-state index contributed by atoms with van der Waals surface area (Å²) < 4.78 is 10.7. The summed E-state index contributed by atoms with van der Waals surface area (Å²) in [6.07, 6.45) is 1.58. The number of amides is 2. The molecule has 0 spiro atoms. The van der Waals surface area contributed by atoms with E-state index in [9.17, 15) is 9.59 Å². The quantitative estimate of drug-likeness (QED) is 0.439. The minimum Gasteiger partial charge on any atom is -0.497 e. The molecular formula is C28H32N2O4S. The monoisotopic (exact) mass is 492 g/mol. The lowest BCUT2D eigenvalue weighted by Crippen LogP contribution is -2.47. The van der Waals surface area contributed by atoms with E-state index in [1.54, 1.807) is 48.7 Å². The van der Waals surface area contributed by atoms with Crippen LogP contribution in [0.2, 0.25) is 0 Å². The highest BCUT2D eigenvalue weighted by atomic mass is 32.1. The van der Waals surface area contributed by atoms with Crippen molar-refractivity contribution >= 4 is 23.2 Å². The third-order valence-electron chi connectivity index (χ3n) is 6.47. The topological polar surface area (TPSA) is 59.1 Å². The highest BCUT2D eigenvalue weighted by molar-refractivity contribution is 7.10. The zero-order valence-corrected chi connectivity index (χ0v) is 21.6. The number of fused-ring (bicyclic) bond motifs is 1. The van der Waals surface area contributed by atoms with E-state index in [1.807, 2.05) is 24.0 Å². The van der Waals surface area contributed by atoms with Crippen molar-refractivity contribution in [2.24, 2.45) is 0 Å². The van der Waals surface area contributed by atoms with Crippen LogP contribution < -0.4 is 9.47 Å². The van der Waals surface area contributed by atoms with Crippen LogP contribution in [0.3, 0.4) is 0 Å². The lowest BCUT2D eigenvalue weighted by Gasteiger charge is -2.38. The van der Waals surface area contributed by atoms with Crippen molar-refractivity contribution in [3.8, 4) is 11.5 Å². The molecule has 0 radical (unpaired) electrons. The molecule has 0 N–H and O–H groups in total. The number of carbonyl (C=O) groups excluding carboxylic acids is 2. The summed E-state index contributed by atoms with van der Waals surface area (Å²) in [5, 5.41) is 2.10. The average molecular weight is 493 g/mol. The smallest absolute Gasteiger partial charge is 0.254 e. The predicted octanol–water partition coefficient (Wildman–Crippen LogP) is 5.10. The molecule has 0 bridgehead atoms. The fraction of sp³-hybridized carbons (Fsp3) is 0.357. The van der Waals surface area contributed by atoms with Crippen molar-refractivity contribution in [2.45, 2.75) is 32.7 Å². The normalized spacial score (nSPS) is 14.9. The number of aryl methyl sites for hydroxylation is 1. The average Bonchev–Trinajstić information content (AvgIpc) is 3.36. The van der Waals surface area contributed by atoms with Crippen molar-refractivity contribution in [1.82, 2.24) is 9.80 Å². The summed E-state index contributed by atoms with van der Waals surface area (Å²) in [4.78, 5) is 32.2. The molecule has 3 aromatic rings. The minimum atomic E-state index is -0.210. The molecule has 2 amide bonds. The van der Waals surface area contributed by atoms with Crippen LogP contribution in [0.15, 0.2) is 53.9 Å². The summed E-state index contributed by atoms with van der Waals surface area (Å²) in [7, 11) is 3.11. The molecule has 1 aromatic heterocycles. The number of ether oxygens (including phenoxy) is 2. The maximum Gasteiger partial charge on any atom is 0.254 e. The van der Waals surface area contributed by atoms with Gasteiger partial charge in [-0.3, -0.25) is 9.59 Å². The van der Waals surface area contributed by atoms with E-state index >= 15 is 0 Å². The Morgan fingerprint density at radius 1 is 1.06 bits per heavy atom. The number of carbonyl (C=O) groups is 2. The molecule has 2 heterocycles. The number of hydrogen-bond donors (Lipinski definition) is 0. The molecule has 6 nitrogen and oxygen atoms in total. The molecule has 184 valence electrons. The number of hydrogen-bond acceptors (Lipinski definition) is 5. The molecule has 35 heavy (non-hydrogen) atoms. The molecule has 1 aliphatic heterocycles. The molecule has 0 saturated heterocycles. The lowest BCUT2D eigenvalue weighted by molar-refractivity contribution is -0.134. The number of nitrogens with zero attached hydrogens (tertiary/aromatic N) is 2. The maximum absolute atomic E-state index is 13.8. The van der Waals surface area contributed by atoms with Gasteiger partial charge in [-0.15, -0.1) is 11.3 Å². The largest absolute Gasteiger partial charge is 0.497 e. The van der Waals surface area contributed by atoms with Crippen LogP contribution in [0.4, 0.5) is 0 Å². The van der Waals surface area contributed by atoms with Crippen LogP contribution >= 0.6 is 11.3 Å². The second-order valence-electron chi connectivity index (χ2n) is 8.72. The summed E-state index contributed by atoms with van der Waals surface area (Å²) in [6.45, 7) is 5.23. The summed E-state index contributed by atoms with van der Waals surface area (Å²) in [5.41, 5.74) is 3.91. The Morgan fingerprint density at radius 3 is 2.43 bits per heavy atom. The highest BCUT2D eigenvalue weighted by Gasteiger charge is 2.34. The first kappa shape index (κ1) is 24.8. The zero-order chi connectivity index (χ0) is 24.9. The summed E-state index contributed by atoms with van der Waals surface area (Å²) in [6, 6.07) is 15.3. The third-order valence-corrected chi connectivity index (χ3v) is 7.47. The van der Waals surface area contributed by atoms with Crippen LogP contribution in [-0.4, -0.2) is 55.5 Å². The molecule has 1 atom stereocenters. The molecule has 2 aromatic carbocycles. The van der Waals surface area contributed by atoms with Gasteiger partial charge in [0.25, 0.3) is 5.91 Å². The number of rotatable bonds is 8. The fourth-order valence-electron chi connectivity index (χ4n) is 4.70. The Morgan fingerprint density at radius 2 is 1.77 bits per heavy atom. The Bertz CT molecular complexity index is 1180. The molecular weight excluding hydrogens is 460 g/mol. The van der Waals surface area contributed by atoms with E-state index in [1.165, 1.54) is 10.4 Å². The van der Waals surface area contributed by atoms with Crippen molar-refractivity contribution in [1.29, 1.82) is 0 Å². The molecule has 1 unspecified atom stereocenters. The Hall–Kier alpha value is -3.32. The van der Waals surface area contributed by atoms with Crippen LogP contribution in [0.5, 0.6) is 11.5 Å². The first-order chi connectivity index (χ1) is 17.0. The molecule has 0 aliphatic carbocycles. The van der Waals surface area contributed by atoms with Crippen LogP contribution in [0.25, 0.3) is 0 Å². The fourth-order valence-corrected chi connectivity index (χ4v) is 5.61. The number of methoxy groups -OCH3 is 2. The second kappa shape index (κ2) is 11.0. The van der Waals surface area contributed by atoms with Crippen molar-refractivity contribution in [2.75, 3.05) is 33.9 Å². The van der Waals surface area contributed by atoms with Gasteiger partial charge < -0.3 is 19.3 Å². The number of benzene rings is 2. The van der Waals surface area contributed by atoms with Gasteiger partial charge in [0.1, 0.15) is 18.0 Å². The second-order valence-corrected chi connectivity index (χ2v) is 9.72. The van der Waals surface area contributed by atoms with E-state index in [-0.39, 0.29) is 24.4 Å². The van der Waals surface area contributed by atoms with Gasteiger partial charge in [0, 0.05) is 29.6 Å². The van der Waals surface area contributed by atoms with Gasteiger partial charge in [-0.2, -0.15) is 0 Å². The SMILES string of the molecule is CCCN(CC(=O)N1CCc2sccc2C1c1ccccc1C)C(=O)c1cc(OC)cc(OC)c1. The van der Waals surface area contributed by atoms with Crippen molar-refractivity contribution < 1.29 is 19.1 Å². The highest BCUT2D eigenvalue weighted by Crippen LogP contribution is 2.39. The number of thiophene rings is 1. The van der Waals surface area contributed by atoms with Crippen molar-refractivity contribution in [3.63, 3.8) is 0 Å². The van der Waals surface area contributed by atoms with Gasteiger partial charge >= 0.3 is 0 Å². The molecule has 0 saturated carbocycles. The molecule has 7 heteroatoms. The van der Waals surface area contributed by atoms with Gasteiger partial charge in [0.05, 0.1) is 20.3 Å². The van der Waals surface area contributed by atoms with Gasteiger partial charge in [0.15, 0.2) is 0 Å². The Balaban J connectivity index is 1.63. The first-order valence-corrected chi connectivity index (χ1v) is 12.8. The predicted molar refractivity (Wildman–Crippen MR) is 138 cm³/mol. The standard InChI is InChI=1S/C28H32N2O4S/c1-5-12-29(28(32)20-15-21(33-3)17-22(16-20)34-4)18-26(31)30-13-10-25-24(11-14-35-25)27(30)23-9-7-6-8-19(23)2/h6-9,11,14-17,27H,5,10,12-13,18H2,1-4H3. The first-order valence-electron chi connectivity index (χ1n) is 11.9. The van der Waals surface area contributed by atoms with E-state index in [2.05, 4.69) is 30.5 Å². The maximum atomic E-state index is 13.8. The Labute approximate surface area is 211 Å². The summed E-state index contributed by atoms with van der Waals surface area (Å²) in [5.74, 6) is 0.817. The molecule has 4 rings (SSSR count). The van der Waals surface area contributed by atoms with Gasteiger partial charge in [-0.25, -0.2) is 0 Å². The van der Waals surface area contributed by atoms with Gasteiger partial charge in [-0.1, -0.05) is 31.2 Å². The molecule has 1 aliphatic rings. The van der Waals surface area contributed by atoms with Crippen molar-refractivity contribution in [3.05, 3.63) is 81.0 Å². The van der Waals surface area contributed by atoms with Crippen LogP contribution in [0.1, 0.15) is 51.3 Å². The van der Waals surface area contributed by atoms with E-state index in [4.69, 9.17) is 9.47 Å². The van der Waals surface area contributed by atoms with Gasteiger partial charge in [-0.05, 0) is 60.0 Å². The molecule has 0 fully saturated rings. The summed E-state index contributed by atoms with van der Waals surface area (Å²) >= 11 is 1.75. The van der Waals surface area contributed by atoms with Crippen LogP contribution in [0, 0.1) is 6.92 Å².